The fourth-order valence-electron chi connectivity index (χ4n) is 1.72. The van der Waals surface area contributed by atoms with Gasteiger partial charge in [-0.3, -0.25) is 4.79 Å². The first kappa shape index (κ1) is 19.1. The molecule has 2 aromatic rings. The zero-order valence-corrected chi connectivity index (χ0v) is 14.0. The van der Waals surface area contributed by atoms with Gasteiger partial charge < -0.3 is 4.74 Å². The van der Waals surface area contributed by atoms with Crippen molar-refractivity contribution in [2.24, 2.45) is 5.10 Å². The highest BCUT2D eigenvalue weighted by atomic mass is 35.5. The molecule has 0 saturated heterocycles. The van der Waals surface area contributed by atoms with Crippen LogP contribution in [0.1, 0.15) is 11.1 Å². The van der Waals surface area contributed by atoms with Gasteiger partial charge in [-0.15, -0.1) is 0 Å². The SMILES string of the molecule is O=C(COc1cccc(C(F)(F)F)c1)N/N=C/c1ccc(Cl)cc1Cl. The summed E-state index contributed by atoms with van der Waals surface area (Å²) in [5.41, 5.74) is 1.85. The Balaban J connectivity index is 1.88. The minimum Gasteiger partial charge on any atom is -0.484 e. The second kappa shape index (κ2) is 8.22. The molecule has 2 rings (SSSR count). The number of halogens is 5. The van der Waals surface area contributed by atoms with Crippen molar-refractivity contribution in [3.05, 3.63) is 63.6 Å². The quantitative estimate of drug-likeness (QED) is 0.601. The molecule has 0 aromatic heterocycles. The number of carbonyl (C=O) groups excluding carboxylic acids is 1. The Morgan fingerprint density at radius 1 is 1.20 bits per heavy atom. The molecule has 4 nitrogen and oxygen atoms in total. The van der Waals surface area contributed by atoms with Crippen LogP contribution in [0.5, 0.6) is 5.75 Å². The van der Waals surface area contributed by atoms with E-state index in [-0.39, 0.29) is 5.75 Å². The molecule has 0 bridgehead atoms. The number of hydrogen-bond acceptors (Lipinski definition) is 3. The molecule has 0 atom stereocenters. The van der Waals surface area contributed by atoms with Crippen LogP contribution in [0.15, 0.2) is 47.6 Å². The summed E-state index contributed by atoms with van der Waals surface area (Å²) in [6.07, 6.45) is -3.18. The molecule has 1 N–H and O–H groups in total. The Morgan fingerprint density at radius 2 is 1.96 bits per heavy atom. The first-order valence-corrected chi connectivity index (χ1v) is 7.58. The Bertz CT molecular complexity index is 795. The van der Waals surface area contributed by atoms with E-state index >= 15 is 0 Å². The maximum Gasteiger partial charge on any atom is 0.416 e. The van der Waals surface area contributed by atoms with Crippen molar-refractivity contribution in [3.8, 4) is 5.75 Å². The number of nitrogens with one attached hydrogen (secondary N) is 1. The van der Waals surface area contributed by atoms with E-state index in [0.29, 0.717) is 15.6 Å². The number of nitrogens with zero attached hydrogens (tertiary/aromatic N) is 1. The predicted octanol–water partition coefficient (Wildman–Crippen LogP) is 4.54. The van der Waals surface area contributed by atoms with Gasteiger partial charge >= 0.3 is 6.18 Å². The predicted molar refractivity (Wildman–Crippen MR) is 89.1 cm³/mol. The Hall–Kier alpha value is -2.25. The van der Waals surface area contributed by atoms with Crippen LogP contribution in [0.3, 0.4) is 0 Å². The van der Waals surface area contributed by atoms with E-state index < -0.39 is 24.3 Å². The number of alkyl halides is 3. The second-order valence-electron chi connectivity index (χ2n) is 4.77. The number of amides is 1. The summed E-state index contributed by atoms with van der Waals surface area (Å²) in [5.74, 6) is -0.714. The van der Waals surface area contributed by atoms with Crippen LogP contribution in [-0.4, -0.2) is 18.7 Å². The van der Waals surface area contributed by atoms with E-state index in [0.717, 1.165) is 12.1 Å². The molecule has 0 radical (unpaired) electrons. The Labute approximate surface area is 151 Å². The maximum absolute atomic E-state index is 12.6. The van der Waals surface area contributed by atoms with Crippen molar-refractivity contribution < 1.29 is 22.7 Å². The molecular formula is C16H11Cl2F3N2O2. The molecule has 0 aliphatic carbocycles. The number of carbonyl (C=O) groups is 1. The molecule has 25 heavy (non-hydrogen) atoms. The topological polar surface area (TPSA) is 50.7 Å². The average Bonchev–Trinajstić information content (AvgIpc) is 2.54. The van der Waals surface area contributed by atoms with Crippen LogP contribution < -0.4 is 10.2 Å². The lowest BCUT2D eigenvalue weighted by Crippen LogP contribution is -2.24. The molecule has 132 valence electrons. The van der Waals surface area contributed by atoms with Gasteiger partial charge in [0.1, 0.15) is 5.75 Å². The van der Waals surface area contributed by atoms with Gasteiger partial charge in [-0.25, -0.2) is 5.43 Å². The van der Waals surface area contributed by atoms with Gasteiger partial charge in [0.25, 0.3) is 5.91 Å². The molecule has 2 aromatic carbocycles. The van der Waals surface area contributed by atoms with Crippen molar-refractivity contribution >= 4 is 35.3 Å². The normalized spacial score (nSPS) is 11.6. The molecule has 9 heteroatoms. The van der Waals surface area contributed by atoms with Crippen LogP contribution in [-0.2, 0) is 11.0 Å². The highest BCUT2D eigenvalue weighted by molar-refractivity contribution is 6.36. The zero-order valence-electron chi connectivity index (χ0n) is 12.5. The van der Waals surface area contributed by atoms with E-state index in [4.69, 9.17) is 27.9 Å². The summed E-state index contributed by atoms with van der Waals surface area (Å²) in [7, 11) is 0. The van der Waals surface area contributed by atoms with Gasteiger partial charge in [-0.1, -0.05) is 35.3 Å². The van der Waals surface area contributed by atoms with Crippen molar-refractivity contribution in [2.45, 2.75) is 6.18 Å². The lowest BCUT2D eigenvalue weighted by atomic mass is 10.2. The van der Waals surface area contributed by atoms with Gasteiger partial charge in [-0.2, -0.15) is 18.3 Å². The average molecular weight is 391 g/mol. The van der Waals surface area contributed by atoms with Crippen LogP contribution in [0.25, 0.3) is 0 Å². The summed E-state index contributed by atoms with van der Waals surface area (Å²) in [4.78, 5) is 11.6. The third-order valence-electron chi connectivity index (χ3n) is 2.89. The molecule has 0 saturated carbocycles. The largest absolute Gasteiger partial charge is 0.484 e. The van der Waals surface area contributed by atoms with Crippen LogP contribution >= 0.6 is 23.2 Å². The minimum absolute atomic E-state index is 0.0744. The lowest BCUT2D eigenvalue weighted by molar-refractivity contribution is -0.137. The van der Waals surface area contributed by atoms with Crippen LogP contribution in [0, 0.1) is 0 Å². The summed E-state index contributed by atoms with van der Waals surface area (Å²) in [6, 6.07) is 8.96. The van der Waals surface area contributed by atoms with E-state index in [1.807, 2.05) is 0 Å². The Morgan fingerprint density at radius 3 is 2.64 bits per heavy atom. The smallest absolute Gasteiger partial charge is 0.416 e. The molecule has 0 fully saturated rings. The lowest BCUT2D eigenvalue weighted by Gasteiger charge is -2.09. The van der Waals surface area contributed by atoms with Gasteiger partial charge in [0.2, 0.25) is 0 Å². The van der Waals surface area contributed by atoms with E-state index in [9.17, 15) is 18.0 Å². The first-order valence-electron chi connectivity index (χ1n) is 6.83. The monoisotopic (exact) mass is 390 g/mol. The fourth-order valence-corrected chi connectivity index (χ4v) is 2.18. The van der Waals surface area contributed by atoms with E-state index in [2.05, 4.69) is 10.5 Å². The minimum atomic E-state index is -4.48. The van der Waals surface area contributed by atoms with Gasteiger partial charge in [0, 0.05) is 10.6 Å². The molecule has 1 amide bonds. The third kappa shape index (κ3) is 5.95. The summed E-state index contributed by atoms with van der Waals surface area (Å²) < 4.78 is 42.8. The Kier molecular flexibility index (Phi) is 6.27. The van der Waals surface area contributed by atoms with E-state index in [1.165, 1.54) is 24.4 Å². The maximum atomic E-state index is 12.6. The number of hydrogen-bond donors (Lipinski definition) is 1. The summed E-state index contributed by atoms with van der Waals surface area (Å²) >= 11 is 11.7. The van der Waals surface area contributed by atoms with Crippen molar-refractivity contribution in [2.75, 3.05) is 6.61 Å². The number of hydrazone groups is 1. The van der Waals surface area contributed by atoms with Gasteiger partial charge in [0.15, 0.2) is 6.61 Å². The standard InChI is InChI=1S/C16H11Cl2F3N2O2/c17-12-5-4-10(14(18)7-12)8-22-23-15(24)9-25-13-3-1-2-11(6-13)16(19,20)21/h1-8H,9H2,(H,23,24)/b22-8+. The highest BCUT2D eigenvalue weighted by Crippen LogP contribution is 2.31. The molecular weight excluding hydrogens is 380 g/mol. The first-order chi connectivity index (χ1) is 11.8. The molecule has 0 heterocycles. The second-order valence-corrected chi connectivity index (χ2v) is 5.62. The van der Waals surface area contributed by atoms with Gasteiger partial charge in [-0.05, 0) is 30.3 Å². The zero-order chi connectivity index (χ0) is 18.4. The molecule has 0 aliphatic rings. The van der Waals surface area contributed by atoms with Crippen molar-refractivity contribution in [1.29, 1.82) is 0 Å². The van der Waals surface area contributed by atoms with Gasteiger partial charge in [0.05, 0.1) is 16.8 Å². The van der Waals surface area contributed by atoms with Crippen LogP contribution in [0.4, 0.5) is 13.2 Å². The molecule has 0 spiro atoms. The van der Waals surface area contributed by atoms with E-state index in [1.54, 1.807) is 12.1 Å². The van der Waals surface area contributed by atoms with Crippen LogP contribution in [0.2, 0.25) is 10.0 Å². The summed E-state index contributed by atoms with van der Waals surface area (Å²) in [6.45, 7) is -0.493. The number of ether oxygens (including phenoxy) is 1. The third-order valence-corrected chi connectivity index (χ3v) is 3.45. The number of rotatable bonds is 5. The summed E-state index contributed by atoms with van der Waals surface area (Å²) in [5, 5.41) is 4.50. The van der Waals surface area contributed by atoms with Crippen molar-refractivity contribution in [3.63, 3.8) is 0 Å². The fraction of sp³-hybridized carbons (Fsp3) is 0.125. The van der Waals surface area contributed by atoms with Crippen molar-refractivity contribution in [1.82, 2.24) is 5.43 Å². The molecule has 0 aliphatic heterocycles. The highest BCUT2D eigenvalue weighted by Gasteiger charge is 2.30. The number of benzene rings is 2. The molecule has 0 unspecified atom stereocenters.